The summed E-state index contributed by atoms with van der Waals surface area (Å²) in [4.78, 5) is 22.3. The van der Waals surface area contributed by atoms with Gasteiger partial charge in [-0.05, 0) is 17.7 Å². The van der Waals surface area contributed by atoms with Gasteiger partial charge >= 0.3 is 6.03 Å². The lowest BCUT2D eigenvalue weighted by Gasteiger charge is -2.03. The summed E-state index contributed by atoms with van der Waals surface area (Å²) >= 11 is 1.27. The monoisotopic (exact) mass is 240 g/mol. The van der Waals surface area contributed by atoms with Crippen LogP contribution in [0.2, 0.25) is 0 Å². The molecular weight excluding hydrogens is 228 g/mol. The number of urea groups is 1. The average Bonchev–Trinajstić information content (AvgIpc) is 2.26. The molecule has 0 saturated heterocycles. The lowest BCUT2D eigenvalue weighted by Crippen LogP contribution is -2.36. The minimum atomic E-state index is -0.852. The van der Waals surface area contributed by atoms with E-state index in [-0.39, 0.29) is 12.4 Å². The number of carbonyl (C=O) groups is 2. The number of amides is 3. The second-order valence-electron chi connectivity index (χ2n) is 3.01. The van der Waals surface area contributed by atoms with Crippen molar-refractivity contribution in [1.82, 2.24) is 5.32 Å². The summed E-state index contributed by atoms with van der Waals surface area (Å²) in [6.07, 6.45) is 0. The van der Waals surface area contributed by atoms with Crippen LogP contribution in [0, 0.1) is 0 Å². The summed E-state index contributed by atoms with van der Waals surface area (Å²) in [5.74, 6) is -0.329. The van der Waals surface area contributed by atoms with E-state index in [2.05, 4.69) is 0 Å². The smallest absolute Gasteiger partial charge is 0.318 e. The van der Waals surface area contributed by atoms with Crippen LogP contribution in [0.3, 0.4) is 0 Å². The fourth-order valence-electron chi connectivity index (χ4n) is 1.06. The first-order valence-corrected chi connectivity index (χ1v) is 5.52. The second kappa shape index (κ2) is 6.14. The zero-order valence-electron chi connectivity index (χ0n) is 8.47. The second-order valence-corrected chi connectivity index (χ2v) is 4.06. The minimum Gasteiger partial charge on any atom is -0.392 e. The third-order valence-corrected chi connectivity index (χ3v) is 2.71. The highest BCUT2D eigenvalue weighted by Gasteiger charge is 2.05. The van der Waals surface area contributed by atoms with Gasteiger partial charge in [-0.15, -0.1) is 11.8 Å². The third-order valence-electron chi connectivity index (χ3n) is 1.71. The van der Waals surface area contributed by atoms with Crippen LogP contribution < -0.4 is 11.1 Å². The molecule has 0 atom stereocenters. The molecule has 0 fully saturated rings. The van der Waals surface area contributed by atoms with E-state index >= 15 is 0 Å². The summed E-state index contributed by atoms with van der Waals surface area (Å²) < 4.78 is 0. The maximum atomic E-state index is 11.1. The Labute approximate surface area is 97.0 Å². The first-order chi connectivity index (χ1) is 7.61. The maximum absolute atomic E-state index is 11.1. The maximum Gasteiger partial charge on any atom is 0.318 e. The topological polar surface area (TPSA) is 92.4 Å². The Morgan fingerprint density at radius 3 is 2.81 bits per heavy atom. The van der Waals surface area contributed by atoms with Crippen LogP contribution in [0.5, 0.6) is 0 Å². The molecule has 0 aliphatic heterocycles. The van der Waals surface area contributed by atoms with Gasteiger partial charge < -0.3 is 10.8 Å². The predicted molar refractivity (Wildman–Crippen MR) is 60.8 cm³/mol. The molecule has 1 rings (SSSR count). The van der Waals surface area contributed by atoms with E-state index in [4.69, 9.17) is 10.8 Å². The lowest BCUT2D eigenvalue weighted by molar-refractivity contribution is -0.117. The summed E-state index contributed by atoms with van der Waals surface area (Å²) in [7, 11) is 0. The van der Waals surface area contributed by atoms with E-state index in [1.165, 1.54) is 11.8 Å². The molecule has 6 heteroatoms. The number of hydrogen-bond acceptors (Lipinski definition) is 4. The molecule has 0 radical (unpaired) electrons. The first kappa shape index (κ1) is 12.5. The zero-order chi connectivity index (χ0) is 12.0. The summed E-state index contributed by atoms with van der Waals surface area (Å²) in [5, 5.41) is 10.9. The van der Waals surface area contributed by atoms with Crippen molar-refractivity contribution in [3.8, 4) is 0 Å². The van der Waals surface area contributed by atoms with Gasteiger partial charge in [-0.2, -0.15) is 0 Å². The van der Waals surface area contributed by atoms with Gasteiger partial charge in [0, 0.05) is 4.90 Å². The number of rotatable bonds is 4. The number of hydrogen-bond donors (Lipinski definition) is 3. The van der Waals surface area contributed by atoms with Gasteiger partial charge in [-0.1, -0.05) is 12.1 Å². The molecule has 16 heavy (non-hydrogen) atoms. The van der Waals surface area contributed by atoms with Gasteiger partial charge in [0.2, 0.25) is 5.91 Å². The molecule has 4 N–H and O–H groups in total. The molecule has 0 unspecified atom stereocenters. The Kier molecular flexibility index (Phi) is 4.81. The normalized spacial score (nSPS) is 9.81. The molecule has 86 valence electrons. The molecule has 0 bridgehead atoms. The van der Waals surface area contributed by atoms with E-state index in [0.717, 1.165) is 10.5 Å². The number of aliphatic hydroxyl groups is 1. The van der Waals surface area contributed by atoms with Crippen molar-refractivity contribution in [2.24, 2.45) is 5.73 Å². The highest BCUT2D eigenvalue weighted by atomic mass is 32.2. The highest BCUT2D eigenvalue weighted by molar-refractivity contribution is 8.00. The SMILES string of the molecule is NC(=O)NC(=O)CSc1cccc(CO)c1. The van der Waals surface area contributed by atoms with Crippen molar-refractivity contribution in [3.63, 3.8) is 0 Å². The van der Waals surface area contributed by atoms with Crippen LogP contribution in [0.1, 0.15) is 5.56 Å². The number of imide groups is 1. The molecule has 0 aliphatic rings. The van der Waals surface area contributed by atoms with Crippen LogP contribution in [0.15, 0.2) is 29.2 Å². The van der Waals surface area contributed by atoms with Crippen molar-refractivity contribution in [2.45, 2.75) is 11.5 Å². The largest absolute Gasteiger partial charge is 0.392 e. The van der Waals surface area contributed by atoms with Crippen LogP contribution in [-0.4, -0.2) is 22.8 Å². The Hall–Kier alpha value is -1.53. The Balaban J connectivity index is 2.47. The number of aliphatic hydroxyl groups excluding tert-OH is 1. The zero-order valence-corrected chi connectivity index (χ0v) is 9.29. The Bertz CT molecular complexity index is 395. The van der Waals surface area contributed by atoms with Gasteiger partial charge in [-0.25, -0.2) is 4.79 Å². The van der Waals surface area contributed by atoms with Crippen molar-refractivity contribution < 1.29 is 14.7 Å². The quantitative estimate of drug-likeness (QED) is 0.667. The minimum absolute atomic E-state index is 0.0398. The van der Waals surface area contributed by atoms with Crippen LogP contribution in [-0.2, 0) is 11.4 Å². The van der Waals surface area contributed by atoms with E-state index in [0.29, 0.717) is 0 Å². The predicted octanol–water partition coefficient (Wildman–Crippen LogP) is 0.466. The molecule has 0 spiro atoms. The van der Waals surface area contributed by atoms with E-state index in [1.54, 1.807) is 18.2 Å². The van der Waals surface area contributed by atoms with Crippen LogP contribution in [0.25, 0.3) is 0 Å². The van der Waals surface area contributed by atoms with Crippen molar-refractivity contribution >= 4 is 23.7 Å². The molecule has 1 aromatic carbocycles. The molecule has 0 aromatic heterocycles. The Morgan fingerprint density at radius 1 is 1.44 bits per heavy atom. The van der Waals surface area contributed by atoms with Gasteiger partial charge in [0.05, 0.1) is 12.4 Å². The molecule has 0 heterocycles. The molecule has 1 aromatic rings. The number of nitrogens with two attached hydrogens (primary N) is 1. The summed E-state index contributed by atoms with van der Waals surface area (Å²) in [6, 6.07) is 6.33. The fourth-order valence-corrected chi connectivity index (χ4v) is 1.84. The van der Waals surface area contributed by atoms with E-state index in [1.807, 2.05) is 11.4 Å². The number of nitrogens with one attached hydrogen (secondary N) is 1. The van der Waals surface area contributed by atoms with Crippen molar-refractivity contribution in [2.75, 3.05) is 5.75 Å². The van der Waals surface area contributed by atoms with Gasteiger partial charge in [0.15, 0.2) is 0 Å². The third kappa shape index (κ3) is 4.33. The van der Waals surface area contributed by atoms with Crippen LogP contribution in [0.4, 0.5) is 4.79 Å². The van der Waals surface area contributed by atoms with Gasteiger partial charge in [0.1, 0.15) is 0 Å². The van der Waals surface area contributed by atoms with E-state index < -0.39 is 11.9 Å². The van der Waals surface area contributed by atoms with Gasteiger partial charge in [-0.3, -0.25) is 10.1 Å². The average molecular weight is 240 g/mol. The number of primary amides is 1. The molecular formula is C10H12N2O3S. The fraction of sp³-hybridized carbons (Fsp3) is 0.200. The van der Waals surface area contributed by atoms with Crippen molar-refractivity contribution in [3.05, 3.63) is 29.8 Å². The lowest BCUT2D eigenvalue weighted by atomic mass is 10.2. The molecule has 3 amide bonds. The molecule has 0 aliphatic carbocycles. The number of benzene rings is 1. The highest BCUT2D eigenvalue weighted by Crippen LogP contribution is 2.18. The summed E-state index contributed by atoms with van der Waals surface area (Å²) in [5.41, 5.74) is 5.57. The molecule has 0 saturated carbocycles. The first-order valence-electron chi connectivity index (χ1n) is 4.53. The van der Waals surface area contributed by atoms with Crippen LogP contribution >= 0.6 is 11.8 Å². The Morgan fingerprint density at radius 2 is 2.19 bits per heavy atom. The van der Waals surface area contributed by atoms with Gasteiger partial charge in [0.25, 0.3) is 0 Å². The van der Waals surface area contributed by atoms with Crippen molar-refractivity contribution in [1.29, 1.82) is 0 Å². The standard InChI is InChI=1S/C10H12N2O3S/c11-10(15)12-9(14)6-16-8-3-1-2-7(4-8)5-13/h1-4,13H,5-6H2,(H3,11,12,14,15). The number of thioether (sulfide) groups is 1. The molecule has 5 nitrogen and oxygen atoms in total. The summed E-state index contributed by atoms with van der Waals surface area (Å²) in [6.45, 7) is -0.0398. The van der Waals surface area contributed by atoms with E-state index in [9.17, 15) is 9.59 Å². The number of carbonyl (C=O) groups excluding carboxylic acids is 2.